The van der Waals surface area contributed by atoms with Crippen molar-refractivity contribution in [1.29, 1.82) is 0 Å². The number of halogens is 1. The number of hydrogen-bond donors (Lipinski definition) is 1. The second-order valence-corrected chi connectivity index (χ2v) is 8.55. The fourth-order valence-electron chi connectivity index (χ4n) is 2.83. The van der Waals surface area contributed by atoms with Gasteiger partial charge in [-0.05, 0) is 61.0 Å². The predicted molar refractivity (Wildman–Crippen MR) is 111 cm³/mol. The van der Waals surface area contributed by atoms with E-state index in [2.05, 4.69) is 5.32 Å². The van der Waals surface area contributed by atoms with Crippen molar-refractivity contribution in [3.05, 3.63) is 95.8 Å². The second kappa shape index (κ2) is 8.45. The Bertz CT molecular complexity index is 1080. The Morgan fingerprint density at radius 2 is 1.52 bits per heavy atom. The first-order valence-electron chi connectivity index (χ1n) is 8.99. The molecule has 0 bridgehead atoms. The van der Waals surface area contributed by atoms with Gasteiger partial charge in [0, 0.05) is 12.6 Å². The lowest BCUT2D eigenvalue weighted by molar-refractivity contribution is 0.0940. The number of carbonyl (C=O) groups is 1. The van der Waals surface area contributed by atoms with Crippen molar-refractivity contribution < 1.29 is 17.6 Å². The molecule has 0 heterocycles. The summed E-state index contributed by atoms with van der Waals surface area (Å²) in [5.41, 5.74) is 1.62. The Balaban J connectivity index is 1.72. The molecule has 1 amide bonds. The Labute approximate surface area is 169 Å². The van der Waals surface area contributed by atoms with Crippen LogP contribution in [0.15, 0.2) is 83.8 Å². The van der Waals surface area contributed by atoms with Gasteiger partial charge in [-0.1, -0.05) is 30.3 Å². The van der Waals surface area contributed by atoms with Gasteiger partial charge in [0.1, 0.15) is 5.82 Å². The highest BCUT2D eigenvalue weighted by Crippen LogP contribution is 2.22. The van der Waals surface area contributed by atoms with Crippen LogP contribution in [0.25, 0.3) is 0 Å². The molecule has 0 aromatic heterocycles. The topological polar surface area (TPSA) is 66.5 Å². The number of sulfonamides is 1. The van der Waals surface area contributed by atoms with Gasteiger partial charge in [0.25, 0.3) is 15.9 Å². The molecule has 0 saturated carbocycles. The van der Waals surface area contributed by atoms with Gasteiger partial charge in [-0.15, -0.1) is 0 Å². The number of carbonyl (C=O) groups excluding carboxylic acids is 1. The summed E-state index contributed by atoms with van der Waals surface area (Å²) in [6.07, 6.45) is 0. The molecule has 150 valence electrons. The molecule has 5 nitrogen and oxygen atoms in total. The van der Waals surface area contributed by atoms with Gasteiger partial charge in [-0.25, -0.2) is 12.8 Å². The lowest BCUT2D eigenvalue weighted by Gasteiger charge is -2.20. The molecule has 7 heteroatoms. The molecular weight excluding hydrogens is 391 g/mol. The molecule has 0 saturated heterocycles. The zero-order chi connectivity index (χ0) is 21.0. The molecule has 0 radical (unpaired) electrons. The monoisotopic (exact) mass is 412 g/mol. The van der Waals surface area contributed by atoms with Crippen molar-refractivity contribution in [2.45, 2.75) is 17.9 Å². The Hall–Kier alpha value is -3.19. The van der Waals surface area contributed by atoms with Crippen molar-refractivity contribution in [3.8, 4) is 0 Å². The molecule has 0 fully saturated rings. The van der Waals surface area contributed by atoms with E-state index in [0.29, 0.717) is 11.3 Å². The maximum absolute atomic E-state index is 13.0. The third-order valence-electron chi connectivity index (χ3n) is 4.61. The number of rotatable bonds is 6. The molecule has 0 spiro atoms. The zero-order valence-electron chi connectivity index (χ0n) is 16.0. The van der Waals surface area contributed by atoms with Crippen LogP contribution in [0.3, 0.4) is 0 Å². The molecule has 0 aliphatic heterocycles. The van der Waals surface area contributed by atoms with Crippen molar-refractivity contribution in [1.82, 2.24) is 5.32 Å². The first kappa shape index (κ1) is 20.5. The molecule has 0 unspecified atom stereocenters. The molecule has 3 rings (SSSR count). The SMILES string of the molecule is C[C@@H](NC(=O)c1ccc(N(C)S(=O)(=O)c2ccccc2)cc1)c1ccc(F)cc1. The molecule has 1 atom stereocenters. The molecule has 3 aromatic carbocycles. The van der Waals surface area contributed by atoms with Crippen LogP contribution in [-0.4, -0.2) is 21.4 Å². The van der Waals surface area contributed by atoms with Crippen molar-refractivity contribution in [2.75, 3.05) is 11.4 Å². The number of benzene rings is 3. The first-order chi connectivity index (χ1) is 13.8. The Morgan fingerprint density at radius 3 is 2.10 bits per heavy atom. The third kappa shape index (κ3) is 4.63. The molecule has 29 heavy (non-hydrogen) atoms. The van der Waals surface area contributed by atoms with Crippen LogP contribution in [-0.2, 0) is 10.0 Å². The lowest BCUT2D eigenvalue weighted by Crippen LogP contribution is -2.28. The van der Waals surface area contributed by atoms with E-state index >= 15 is 0 Å². The minimum absolute atomic E-state index is 0.192. The number of nitrogens with zero attached hydrogens (tertiary/aromatic N) is 1. The van der Waals surface area contributed by atoms with Crippen LogP contribution in [0.2, 0.25) is 0 Å². The Morgan fingerprint density at radius 1 is 0.931 bits per heavy atom. The van der Waals surface area contributed by atoms with Crippen molar-refractivity contribution in [3.63, 3.8) is 0 Å². The van der Waals surface area contributed by atoms with Gasteiger partial charge in [0.15, 0.2) is 0 Å². The number of nitrogens with one attached hydrogen (secondary N) is 1. The second-order valence-electron chi connectivity index (χ2n) is 6.58. The van der Waals surface area contributed by atoms with Gasteiger partial charge in [-0.3, -0.25) is 9.10 Å². The van der Waals surface area contributed by atoms with E-state index in [9.17, 15) is 17.6 Å². The standard InChI is InChI=1S/C22H21FN2O3S/c1-16(17-8-12-19(23)13-9-17)24-22(26)18-10-14-20(15-11-18)25(2)29(27,28)21-6-4-3-5-7-21/h3-16H,1-2H3,(H,24,26)/t16-/m1/s1. The molecular formula is C22H21FN2O3S. The summed E-state index contributed by atoms with van der Waals surface area (Å²) in [5, 5.41) is 2.84. The van der Waals surface area contributed by atoms with E-state index in [4.69, 9.17) is 0 Å². The van der Waals surface area contributed by atoms with Gasteiger partial charge >= 0.3 is 0 Å². The van der Waals surface area contributed by atoms with Crippen LogP contribution < -0.4 is 9.62 Å². The predicted octanol–water partition coefficient (Wildman–Crippen LogP) is 4.14. The number of amides is 1. The van der Waals surface area contributed by atoms with Gasteiger partial charge in [0.05, 0.1) is 16.6 Å². The smallest absolute Gasteiger partial charge is 0.264 e. The zero-order valence-corrected chi connectivity index (χ0v) is 16.9. The molecule has 1 N–H and O–H groups in total. The summed E-state index contributed by atoms with van der Waals surface area (Å²) in [6, 6.07) is 20.1. The summed E-state index contributed by atoms with van der Waals surface area (Å²) in [5.74, 6) is -0.639. The fraction of sp³-hybridized carbons (Fsp3) is 0.136. The average Bonchev–Trinajstić information content (AvgIpc) is 2.74. The van der Waals surface area contributed by atoms with Crippen LogP contribution in [0.1, 0.15) is 28.9 Å². The van der Waals surface area contributed by atoms with Gasteiger partial charge in [0.2, 0.25) is 0 Å². The summed E-state index contributed by atoms with van der Waals surface area (Å²) in [7, 11) is -2.22. The molecule has 3 aromatic rings. The summed E-state index contributed by atoms with van der Waals surface area (Å²) >= 11 is 0. The highest BCUT2D eigenvalue weighted by atomic mass is 32.2. The van der Waals surface area contributed by atoms with Crippen LogP contribution in [0.4, 0.5) is 10.1 Å². The van der Waals surface area contributed by atoms with Gasteiger partial charge in [-0.2, -0.15) is 0 Å². The largest absolute Gasteiger partial charge is 0.346 e. The summed E-state index contributed by atoms with van der Waals surface area (Å²) in [4.78, 5) is 12.7. The highest BCUT2D eigenvalue weighted by molar-refractivity contribution is 7.92. The minimum Gasteiger partial charge on any atom is -0.346 e. The van der Waals surface area contributed by atoms with Crippen LogP contribution in [0.5, 0.6) is 0 Å². The third-order valence-corrected chi connectivity index (χ3v) is 6.41. The average molecular weight is 412 g/mol. The molecule has 0 aliphatic carbocycles. The highest BCUT2D eigenvalue weighted by Gasteiger charge is 2.21. The van der Waals surface area contributed by atoms with Crippen molar-refractivity contribution >= 4 is 21.6 Å². The summed E-state index contributed by atoms with van der Waals surface area (Å²) in [6.45, 7) is 1.81. The van der Waals surface area contributed by atoms with E-state index in [1.807, 2.05) is 0 Å². The van der Waals surface area contributed by atoms with E-state index in [1.165, 1.54) is 35.6 Å². The van der Waals surface area contributed by atoms with E-state index in [-0.39, 0.29) is 22.7 Å². The van der Waals surface area contributed by atoms with Crippen molar-refractivity contribution in [2.24, 2.45) is 0 Å². The number of anilines is 1. The van der Waals surface area contributed by atoms with E-state index in [1.54, 1.807) is 61.5 Å². The lowest BCUT2D eigenvalue weighted by atomic mass is 10.1. The van der Waals surface area contributed by atoms with E-state index in [0.717, 1.165) is 5.56 Å². The minimum atomic E-state index is -3.68. The maximum Gasteiger partial charge on any atom is 0.264 e. The normalized spacial score (nSPS) is 12.2. The Kier molecular flexibility index (Phi) is 5.98. The van der Waals surface area contributed by atoms with E-state index < -0.39 is 10.0 Å². The quantitative estimate of drug-likeness (QED) is 0.662. The van der Waals surface area contributed by atoms with Crippen LogP contribution in [0, 0.1) is 5.82 Å². The maximum atomic E-state index is 13.0. The number of hydrogen-bond acceptors (Lipinski definition) is 3. The summed E-state index contributed by atoms with van der Waals surface area (Å²) < 4.78 is 39.6. The fourth-order valence-corrected chi connectivity index (χ4v) is 4.04. The van der Waals surface area contributed by atoms with Crippen LogP contribution >= 0.6 is 0 Å². The van der Waals surface area contributed by atoms with Gasteiger partial charge < -0.3 is 5.32 Å². The molecule has 0 aliphatic rings. The first-order valence-corrected chi connectivity index (χ1v) is 10.4.